The van der Waals surface area contributed by atoms with Crippen LogP contribution in [-0.4, -0.2) is 23.4 Å². The van der Waals surface area contributed by atoms with Crippen LogP contribution in [0, 0.1) is 0 Å². The monoisotopic (exact) mass is 160 g/mol. The molecule has 1 aliphatic heterocycles. The van der Waals surface area contributed by atoms with Gasteiger partial charge in [0.2, 0.25) is 5.91 Å². The molecule has 3 amide bonds. The summed E-state index contributed by atoms with van der Waals surface area (Å²) in [6.45, 7) is 4.49. The normalized spacial score (nSPS) is 15.8. The third kappa shape index (κ3) is 2.57. The van der Waals surface area contributed by atoms with Crippen molar-refractivity contribution in [1.82, 2.24) is 4.90 Å². The largest absolute Gasteiger partial charge is 0.351 e. The molecule has 1 saturated heterocycles. The van der Waals surface area contributed by atoms with E-state index in [1.807, 2.05) is 13.8 Å². The van der Waals surface area contributed by atoms with Crippen LogP contribution in [-0.2, 0) is 4.79 Å². The number of hydrogen-bond acceptors (Lipinski definition) is 2. The Balaban J connectivity index is 0. The Hall–Kier alpha value is -1.06. The number of rotatable bonds is 0. The van der Waals surface area contributed by atoms with Gasteiger partial charge in [0, 0.05) is 14.4 Å². The molecule has 1 fully saturated rings. The molecule has 66 valence electrons. The summed E-state index contributed by atoms with van der Waals surface area (Å²) in [5, 5.41) is 0. The van der Waals surface area contributed by atoms with Crippen LogP contribution in [0.3, 0.4) is 0 Å². The molecule has 0 saturated carbocycles. The molecule has 0 radical (unpaired) electrons. The van der Waals surface area contributed by atoms with Crippen molar-refractivity contribution >= 4 is 11.9 Å². The van der Waals surface area contributed by atoms with Gasteiger partial charge in [0.25, 0.3) is 0 Å². The van der Waals surface area contributed by atoms with Crippen LogP contribution in [0.5, 0.6) is 0 Å². The summed E-state index contributed by atoms with van der Waals surface area (Å²) in [4.78, 5) is 22.0. The summed E-state index contributed by atoms with van der Waals surface area (Å²) < 4.78 is 0. The molecule has 1 aliphatic rings. The molecule has 0 unspecified atom stereocenters. The second-order valence-corrected chi connectivity index (χ2v) is 1.99. The fourth-order valence-corrected chi connectivity index (χ4v) is 0.881. The zero-order chi connectivity index (χ0) is 8.85. The molecular weight excluding hydrogens is 144 g/mol. The van der Waals surface area contributed by atoms with Crippen molar-refractivity contribution in [2.45, 2.75) is 26.7 Å². The summed E-state index contributed by atoms with van der Waals surface area (Å²) in [6, 6.07) is -0.627. The number of primary amides is 1. The van der Waals surface area contributed by atoms with Crippen LogP contribution in [0.15, 0.2) is 0 Å². The van der Waals surface area contributed by atoms with E-state index in [0.29, 0.717) is 13.0 Å². The fraction of sp³-hybridized carbons (Fsp3) is 0.714. The predicted octanol–water partition coefficient (Wildman–Crippen LogP) is 0.960. The van der Waals surface area contributed by atoms with E-state index in [-0.39, 0.29) is 7.33 Å². The quantitative estimate of drug-likeness (QED) is 0.573. The van der Waals surface area contributed by atoms with Crippen molar-refractivity contribution in [3.05, 3.63) is 0 Å². The molecule has 1 heterocycles. The Morgan fingerprint density at radius 2 is 2.18 bits per heavy atom. The lowest BCUT2D eigenvalue weighted by atomic mass is 10.4. The first-order valence-electron chi connectivity index (χ1n) is 3.81. The first-order chi connectivity index (χ1) is 5.22. The molecule has 0 aromatic carbocycles. The topological polar surface area (TPSA) is 63.4 Å². The van der Waals surface area contributed by atoms with Gasteiger partial charge in [-0.25, -0.2) is 4.79 Å². The minimum Gasteiger partial charge on any atom is -0.351 e. The van der Waals surface area contributed by atoms with Gasteiger partial charge < -0.3 is 5.73 Å². The lowest BCUT2D eigenvalue weighted by Crippen LogP contribution is -2.36. The average molecular weight is 160 g/mol. The predicted molar refractivity (Wildman–Crippen MR) is 44.0 cm³/mol. The number of imide groups is 1. The summed E-state index contributed by atoms with van der Waals surface area (Å²) in [7, 11) is 0. The van der Waals surface area contributed by atoms with Gasteiger partial charge in [-0.3, -0.25) is 9.69 Å². The first kappa shape index (κ1) is 9.94. The maximum atomic E-state index is 10.6. The Labute approximate surface area is 67.8 Å². The molecule has 11 heavy (non-hydrogen) atoms. The van der Waals surface area contributed by atoms with E-state index >= 15 is 0 Å². The Morgan fingerprint density at radius 1 is 1.64 bits per heavy atom. The molecule has 0 aliphatic carbocycles. The van der Waals surface area contributed by atoms with Crippen LogP contribution in [0.25, 0.3) is 0 Å². The van der Waals surface area contributed by atoms with Crippen molar-refractivity contribution in [3.8, 4) is 0 Å². The second-order valence-electron chi connectivity index (χ2n) is 1.99. The van der Waals surface area contributed by atoms with Gasteiger partial charge in [-0.1, -0.05) is 13.8 Å². The highest BCUT2D eigenvalue weighted by molar-refractivity contribution is 5.94. The SMILES string of the molecule is CC.NC(=O)N1CCCC1=O.[HH]. The number of urea groups is 1. The highest BCUT2D eigenvalue weighted by Crippen LogP contribution is 2.07. The highest BCUT2D eigenvalue weighted by Gasteiger charge is 2.23. The third-order valence-corrected chi connectivity index (χ3v) is 1.34. The fourth-order valence-electron chi connectivity index (χ4n) is 0.881. The molecule has 0 aromatic rings. The summed E-state index contributed by atoms with van der Waals surface area (Å²) in [6.07, 6.45) is 1.21. The lowest BCUT2D eigenvalue weighted by Gasteiger charge is -2.07. The smallest absolute Gasteiger partial charge is 0.321 e. The number of carbonyl (C=O) groups is 2. The van der Waals surface area contributed by atoms with E-state index < -0.39 is 6.03 Å². The number of nitrogens with two attached hydrogens (primary N) is 1. The minimum absolute atomic E-state index is 0. The molecule has 4 nitrogen and oxygen atoms in total. The molecule has 0 bridgehead atoms. The molecule has 0 spiro atoms. The molecule has 2 N–H and O–H groups in total. The van der Waals surface area contributed by atoms with Crippen LogP contribution < -0.4 is 5.73 Å². The van der Waals surface area contributed by atoms with Gasteiger partial charge in [0.05, 0.1) is 0 Å². The Morgan fingerprint density at radius 3 is 2.36 bits per heavy atom. The van der Waals surface area contributed by atoms with E-state index in [9.17, 15) is 9.59 Å². The van der Waals surface area contributed by atoms with Crippen molar-refractivity contribution < 1.29 is 11.0 Å². The number of likely N-dealkylation sites (tertiary alicyclic amines) is 1. The van der Waals surface area contributed by atoms with Crippen molar-refractivity contribution in [2.75, 3.05) is 6.54 Å². The minimum atomic E-state index is -0.627. The van der Waals surface area contributed by atoms with Gasteiger partial charge in [0.15, 0.2) is 0 Å². The van der Waals surface area contributed by atoms with Gasteiger partial charge in [-0.05, 0) is 6.42 Å². The molecular formula is C7H16N2O2. The van der Waals surface area contributed by atoms with Gasteiger partial charge >= 0.3 is 6.03 Å². The van der Waals surface area contributed by atoms with Gasteiger partial charge in [-0.15, -0.1) is 0 Å². The van der Waals surface area contributed by atoms with Crippen LogP contribution in [0.1, 0.15) is 28.1 Å². The molecule has 0 atom stereocenters. The van der Waals surface area contributed by atoms with Crippen LogP contribution in [0.2, 0.25) is 0 Å². The zero-order valence-corrected chi connectivity index (χ0v) is 6.96. The van der Waals surface area contributed by atoms with E-state index in [1.54, 1.807) is 0 Å². The van der Waals surface area contributed by atoms with E-state index in [4.69, 9.17) is 5.73 Å². The van der Waals surface area contributed by atoms with Gasteiger partial charge in [0.1, 0.15) is 0 Å². The number of amides is 3. The van der Waals surface area contributed by atoms with Gasteiger partial charge in [-0.2, -0.15) is 0 Å². The number of nitrogens with zero attached hydrogens (tertiary/aromatic N) is 1. The number of hydrogen-bond donors (Lipinski definition) is 1. The lowest BCUT2D eigenvalue weighted by molar-refractivity contribution is -0.125. The molecule has 0 aromatic heterocycles. The maximum absolute atomic E-state index is 10.6. The van der Waals surface area contributed by atoms with E-state index in [2.05, 4.69) is 0 Å². The first-order valence-corrected chi connectivity index (χ1v) is 3.81. The van der Waals surface area contributed by atoms with E-state index in [0.717, 1.165) is 11.3 Å². The van der Waals surface area contributed by atoms with E-state index in [1.165, 1.54) is 0 Å². The highest BCUT2D eigenvalue weighted by atomic mass is 16.2. The summed E-state index contributed by atoms with van der Waals surface area (Å²) in [5.41, 5.74) is 4.85. The van der Waals surface area contributed by atoms with Crippen molar-refractivity contribution in [2.24, 2.45) is 5.73 Å². The Kier molecular flexibility index (Phi) is 4.26. The standard InChI is InChI=1S/C5H8N2O2.C2H6.H2/c6-5(9)7-3-1-2-4(7)8;1-2;/h1-3H2,(H2,6,9);1-2H3;1H. The molecule has 1 rings (SSSR count). The average Bonchev–Trinajstić information content (AvgIpc) is 2.39. The second kappa shape index (κ2) is 4.71. The molecule has 4 heteroatoms. The van der Waals surface area contributed by atoms with Crippen molar-refractivity contribution in [1.29, 1.82) is 0 Å². The Bertz CT molecular complexity index is 161. The number of carbonyl (C=O) groups excluding carboxylic acids is 2. The van der Waals surface area contributed by atoms with Crippen molar-refractivity contribution in [3.63, 3.8) is 0 Å². The zero-order valence-electron chi connectivity index (χ0n) is 6.96. The maximum Gasteiger partial charge on any atom is 0.321 e. The summed E-state index contributed by atoms with van der Waals surface area (Å²) in [5.74, 6) is -0.150. The van der Waals surface area contributed by atoms with Crippen LogP contribution >= 0.6 is 0 Å². The third-order valence-electron chi connectivity index (χ3n) is 1.34. The summed E-state index contributed by atoms with van der Waals surface area (Å²) >= 11 is 0. The van der Waals surface area contributed by atoms with Crippen LogP contribution in [0.4, 0.5) is 4.79 Å².